The van der Waals surface area contributed by atoms with Gasteiger partial charge in [-0.15, -0.1) is 0 Å². The molecule has 1 aliphatic heterocycles. The van der Waals surface area contributed by atoms with E-state index in [2.05, 4.69) is 35.8 Å². The second-order valence-electron chi connectivity index (χ2n) is 10.6. The lowest BCUT2D eigenvalue weighted by Gasteiger charge is -2.60. The maximum Gasteiger partial charge on any atom is 0.309 e. The van der Waals surface area contributed by atoms with Crippen LogP contribution in [0.5, 0.6) is 0 Å². The normalized spacial score (nSPS) is 37.4. The lowest BCUT2D eigenvalue weighted by atomic mass is 9.43. The number of nitrogens with zero attached hydrogens (tertiary/aromatic N) is 2. The molecule has 4 fully saturated rings. The van der Waals surface area contributed by atoms with Gasteiger partial charge in [0.15, 0.2) is 0 Å². The van der Waals surface area contributed by atoms with Crippen LogP contribution in [-0.2, 0) is 16.6 Å². The summed E-state index contributed by atoms with van der Waals surface area (Å²) in [7, 11) is 0. The third kappa shape index (κ3) is 2.28. The number of nitriles is 1. The summed E-state index contributed by atoms with van der Waals surface area (Å²) in [6.45, 7) is 2.26. The molecule has 0 radical (unpaired) electrons. The molecule has 29 heavy (non-hydrogen) atoms. The van der Waals surface area contributed by atoms with Crippen molar-refractivity contribution in [3.63, 3.8) is 0 Å². The van der Waals surface area contributed by atoms with Crippen molar-refractivity contribution in [2.24, 2.45) is 17.3 Å². The number of hydrogen-bond acceptors (Lipinski definition) is 2. The van der Waals surface area contributed by atoms with Crippen LogP contribution in [0.4, 0.5) is 0 Å². The van der Waals surface area contributed by atoms with Crippen LogP contribution in [0.1, 0.15) is 81.2 Å². The fourth-order valence-electron chi connectivity index (χ4n) is 8.07. The number of aromatic nitrogens is 1. The van der Waals surface area contributed by atoms with Crippen LogP contribution < -0.4 is 0 Å². The van der Waals surface area contributed by atoms with Gasteiger partial charge in [0.1, 0.15) is 6.07 Å². The Morgan fingerprint density at radius 3 is 2.66 bits per heavy atom. The van der Waals surface area contributed by atoms with Crippen LogP contribution >= 0.6 is 0 Å². The summed E-state index contributed by atoms with van der Waals surface area (Å²) < 4.78 is 2.39. The van der Waals surface area contributed by atoms with E-state index in [0.717, 1.165) is 56.0 Å². The molecule has 2 heterocycles. The van der Waals surface area contributed by atoms with Gasteiger partial charge in [0, 0.05) is 17.1 Å². The molecule has 1 aromatic carbocycles. The number of aliphatic carboxylic acids is 1. The van der Waals surface area contributed by atoms with E-state index in [1.54, 1.807) is 0 Å². The van der Waals surface area contributed by atoms with E-state index < -0.39 is 11.4 Å². The van der Waals surface area contributed by atoms with Crippen molar-refractivity contribution in [2.45, 2.75) is 76.2 Å². The number of benzene rings is 1. The Morgan fingerprint density at radius 2 is 1.97 bits per heavy atom. The minimum atomic E-state index is -0.592. The van der Waals surface area contributed by atoms with E-state index >= 15 is 0 Å². The van der Waals surface area contributed by atoms with E-state index in [4.69, 9.17) is 0 Å². The monoisotopic (exact) mass is 388 g/mol. The molecular formula is C25H28N2O2. The number of carboxylic acid groups (broad SMARTS) is 1. The molecule has 4 bridgehead atoms. The van der Waals surface area contributed by atoms with E-state index in [-0.39, 0.29) is 5.41 Å². The minimum Gasteiger partial charge on any atom is -0.481 e. The minimum absolute atomic E-state index is 0.0592. The van der Waals surface area contributed by atoms with Crippen LogP contribution in [0.25, 0.3) is 10.9 Å². The standard InChI is InChI=1S/C25H28N2O2/c1-15-3-2-4-21-8-18-6-20(7-19(13-26)22(18)27(15)21)24-9-16-5-17(10-24)12-25(11-16,14-24)23(28)29/h6-8,15-17H,2-5,9-12,14H2,1H3,(H,28,29)/t15-,16?,17?,24?,25?/m0/s1. The van der Waals surface area contributed by atoms with Gasteiger partial charge in [-0.3, -0.25) is 4.79 Å². The van der Waals surface area contributed by atoms with Gasteiger partial charge >= 0.3 is 5.97 Å². The Labute approximate surface area is 171 Å². The summed E-state index contributed by atoms with van der Waals surface area (Å²) in [5, 5.41) is 21.3. The van der Waals surface area contributed by atoms with E-state index in [1.807, 2.05) is 0 Å². The zero-order valence-corrected chi connectivity index (χ0v) is 17.1. The van der Waals surface area contributed by atoms with Gasteiger partial charge in [0.05, 0.1) is 16.5 Å². The Hall–Kier alpha value is -2.28. The van der Waals surface area contributed by atoms with Crippen LogP contribution in [-0.4, -0.2) is 15.6 Å². The Morgan fingerprint density at radius 1 is 1.21 bits per heavy atom. The second kappa shape index (κ2) is 5.65. The molecule has 3 atom stereocenters. The highest BCUT2D eigenvalue weighted by Gasteiger charge is 2.61. The van der Waals surface area contributed by atoms with Gasteiger partial charge in [-0.25, -0.2) is 0 Å². The summed E-state index contributed by atoms with van der Waals surface area (Å²) >= 11 is 0. The molecule has 1 aromatic heterocycles. The number of fused-ring (bicyclic) bond motifs is 3. The molecule has 2 aromatic rings. The molecule has 4 nitrogen and oxygen atoms in total. The van der Waals surface area contributed by atoms with Crippen molar-refractivity contribution in [3.05, 3.63) is 35.0 Å². The summed E-state index contributed by atoms with van der Waals surface area (Å²) in [6, 6.07) is 9.66. The van der Waals surface area contributed by atoms with E-state index in [0.29, 0.717) is 17.9 Å². The van der Waals surface area contributed by atoms with Gasteiger partial charge in [-0.1, -0.05) is 0 Å². The van der Waals surface area contributed by atoms with Gasteiger partial charge in [0.2, 0.25) is 0 Å². The molecule has 5 aliphatic rings. The zero-order chi connectivity index (χ0) is 20.0. The van der Waals surface area contributed by atoms with Gasteiger partial charge < -0.3 is 9.67 Å². The number of hydrogen-bond donors (Lipinski definition) is 1. The average Bonchev–Trinajstić information content (AvgIpc) is 3.06. The second-order valence-corrected chi connectivity index (χ2v) is 10.6. The number of carboxylic acids is 1. The number of carbonyl (C=O) groups is 1. The molecule has 1 N–H and O–H groups in total. The number of rotatable bonds is 2. The van der Waals surface area contributed by atoms with Crippen molar-refractivity contribution in [3.8, 4) is 6.07 Å². The van der Waals surface area contributed by atoms with Crippen molar-refractivity contribution >= 4 is 16.9 Å². The van der Waals surface area contributed by atoms with Gasteiger partial charge in [-0.05, 0) is 106 Å². The van der Waals surface area contributed by atoms with Crippen molar-refractivity contribution in [1.29, 1.82) is 5.26 Å². The summed E-state index contributed by atoms with van der Waals surface area (Å²) in [5.41, 5.74) is 3.85. The van der Waals surface area contributed by atoms with Crippen LogP contribution in [0.3, 0.4) is 0 Å². The molecule has 4 aliphatic carbocycles. The maximum atomic E-state index is 12.3. The Bertz CT molecular complexity index is 1070. The van der Waals surface area contributed by atoms with Crippen LogP contribution in [0.15, 0.2) is 18.2 Å². The van der Waals surface area contributed by atoms with Gasteiger partial charge in [0.25, 0.3) is 0 Å². The molecule has 4 saturated carbocycles. The summed E-state index contributed by atoms with van der Waals surface area (Å²) in [6.07, 6.45) is 9.30. The van der Waals surface area contributed by atoms with Crippen molar-refractivity contribution in [1.82, 2.24) is 4.57 Å². The average molecular weight is 389 g/mol. The molecule has 0 spiro atoms. The lowest BCUT2D eigenvalue weighted by molar-refractivity contribution is -0.167. The molecule has 0 amide bonds. The van der Waals surface area contributed by atoms with Crippen molar-refractivity contribution < 1.29 is 9.90 Å². The highest BCUT2D eigenvalue weighted by Crippen LogP contribution is 2.66. The summed E-state index contributed by atoms with van der Waals surface area (Å²) in [4.78, 5) is 12.3. The number of aryl methyl sites for hydroxylation is 1. The Kier molecular flexibility index (Phi) is 3.43. The van der Waals surface area contributed by atoms with Crippen LogP contribution in [0, 0.1) is 28.6 Å². The third-order valence-corrected chi connectivity index (χ3v) is 8.76. The predicted octanol–water partition coefficient (Wildman–Crippen LogP) is 5.33. The fourth-order valence-corrected chi connectivity index (χ4v) is 8.07. The predicted molar refractivity (Wildman–Crippen MR) is 111 cm³/mol. The first-order valence-corrected chi connectivity index (χ1v) is 11.2. The first kappa shape index (κ1) is 17.6. The zero-order valence-electron chi connectivity index (χ0n) is 17.1. The third-order valence-electron chi connectivity index (χ3n) is 8.76. The largest absolute Gasteiger partial charge is 0.481 e. The molecular weight excluding hydrogens is 360 g/mol. The SMILES string of the molecule is C[C@H]1CCCc2cc3cc(C45CC6CC(CC(C(=O)O)(C6)C4)C5)cc(C#N)c3n21. The molecule has 4 heteroatoms. The first-order valence-electron chi connectivity index (χ1n) is 11.2. The fraction of sp³-hybridized carbons (Fsp3) is 0.600. The maximum absolute atomic E-state index is 12.3. The highest BCUT2D eigenvalue weighted by atomic mass is 16.4. The molecule has 7 rings (SSSR count). The molecule has 0 saturated heterocycles. The van der Waals surface area contributed by atoms with Gasteiger partial charge in [-0.2, -0.15) is 5.26 Å². The van der Waals surface area contributed by atoms with E-state index in [9.17, 15) is 15.2 Å². The van der Waals surface area contributed by atoms with E-state index in [1.165, 1.54) is 29.5 Å². The molecule has 150 valence electrons. The van der Waals surface area contributed by atoms with Crippen molar-refractivity contribution in [2.75, 3.05) is 0 Å². The lowest BCUT2D eigenvalue weighted by Crippen LogP contribution is -2.56. The smallest absolute Gasteiger partial charge is 0.309 e. The van der Waals surface area contributed by atoms with Crippen LogP contribution in [0.2, 0.25) is 0 Å². The Balaban J connectivity index is 1.54. The molecule has 2 unspecified atom stereocenters. The topological polar surface area (TPSA) is 66.0 Å². The quantitative estimate of drug-likeness (QED) is 0.756. The summed E-state index contributed by atoms with van der Waals surface area (Å²) in [5.74, 6) is 0.456. The highest BCUT2D eigenvalue weighted by molar-refractivity contribution is 5.88. The first-order chi connectivity index (χ1) is 13.9.